The Hall–Kier alpha value is -3.28. The Kier molecular flexibility index (Phi) is 3.72. The van der Waals surface area contributed by atoms with E-state index in [0.29, 0.717) is 17.7 Å². The zero-order valence-electron chi connectivity index (χ0n) is 12.3. The second-order valence-electron chi connectivity index (χ2n) is 5.07. The summed E-state index contributed by atoms with van der Waals surface area (Å²) < 4.78 is 0. The highest BCUT2D eigenvalue weighted by Crippen LogP contribution is 2.32. The molecular formula is C17H13N3O3. The van der Waals surface area contributed by atoms with E-state index < -0.39 is 4.92 Å². The smallest absolute Gasteiger partial charge is 0.293 e. The first-order chi connectivity index (χ1) is 11.1. The molecule has 0 bridgehead atoms. The Balaban J connectivity index is 2.13. The summed E-state index contributed by atoms with van der Waals surface area (Å²) in [5.41, 5.74) is 2.21. The van der Waals surface area contributed by atoms with Gasteiger partial charge in [0.2, 0.25) is 6.41 Å². The summed E-state index contributed by atoms with van der Waals surface area (Å²) in [5.74, 6) is 0. The van der Waals surface area contributed by atoms with Gasteiger partial charge in [0.15, 0.2) is 0 Å². The quantitative estimate of drug-likeness (QED) is 0.420. The molecule has 1 heterocycles. The van der Waals surface area contributed by atoms with Gasteiger partial charge < -0.3 is 4.90 Å². The first kappa shape index (κ1) is 14.6. The molecule has 0 radical (unpaired) electrons. The molecule has 23 heavy (non-hydrogen) atoms. The number of fused-ring (bicyclic) bond motifs is 1. The summed E-state index contributed by atoms with van der Waals surface area (Å²) in [5, 5.41) is 12.3. The fourth-order valence-electron chi connectivity index (χ4n) is 2.41. The summed E-state index contributed by atoms with van der Waals surface area (Å²) in [6.45, 7) is 0. The number of anilines is 1. The molecule has 0 saturated heterocycles. The number of nitro benzene ring substituents is 1. The van der Waals surface area contributed by atoms with Gasteiger partial charge >= 0.3 is 0 Å². The number of para-hydroxylation sites is 1. The fraction of sp³-hybridized carbons (Fsp3) is 0.0588. The molecular weight excluding hydrogens is 294 g/mol. The zero-order chi connectivity index (χ0) is 16.4. The molecule has 0 aliphatic carbocycles. The van der Waals surface area contributed by atoms with Crippen LogP contribution >= 0.6 is 0 Å². The van der Waals surface area contributed by atoms with Crippen molar-refractivity contribution in [1.82, 2.24) is 4.98 Å². The maximum absolute atomic E-state index is 11.3. The summed E-state index contributed by atoms with van der Waals surface area (Å²) in [6.07, 6.45) is 0.538. The Morgan fingerprint density at radius 2 is 1.91 bits per heavy atom. The molecule has 0 saturated carbocycles. The van der Waals surface area contributed by atoms with Crippen LogP contribution in [0.25, 0.3) is 22.2 Å². The van der Waals surface area contributed by atoms with E-state index in [0.717, 1.165) is 10.9 Å². The minimum Gasteiger partial charge on any atom is -0.312 e. The van der Waals surface area contributed by atoms with Crippen molar-refractivity contribution in [3.05, 3.63) is 64.7 Å². The van der Waals surface area contributed by atoms with Crippen LogP contribution in [0.2, 0.25) is 0 Å². The Morgan fingerprint density at radius 1 is 1.13 bits per heavy atom. The number of benzene rings is 2. The molecule has 0 spiro atoms. The molecule has 0 unspecified atom stereocenters. The molecule has 0 atom stereocenters. The van der Waals surface area contributed by atoms with Crippen molar-refractivity contribution >= 4 is 28.7 Å². The molecule has 6 nitrogen and oxygen atoms in total. The number of hydrogen-bond acceptors (Lipinski definition) is 4. The zero-order valence-corrected chi connectivity index (χ0v) is 12.3. The molecule has 0 fully saturated rings. The van der Waals surface area contributed by atoms with E-state index in [9.17, 15) is 14.9 Å². The average molecular weight is 307 g/mol. The normalized spacial score (nSPS) is 10.5. The van der Waals surface area contributed by atoms with E-state index in [1.807, 2.05) is 36.4 Å². The minimum atomic E-state index is -0.500. The lowest BCUT2D eigenvalue weighted by atomic mass is 10.1. The van der Waals surface area contributed by atoms with Gasteiger partial charge in [-0.1, -0.05) is 30.3 Å². The first-order valence-electron chi connectivity index (χ1n) is 6.93. The number of nitro groups is 1. The Morgan fingerprint density at radius 3 is 2.65 bits per heavy atom. The Bertz CT molecular complexity index is 908. The van der Waals surface area contributed by atoms with Gasteiger partial charge in [0.05, 0.1) is 16.1 Å². The minimum absolute atomic E-state index is 0.132. The fourth-order valence-corrected chi connectivity index (χ4v) is 2.41. The van der Waals surface area contributed by atoms with Crippen molar-refractivity contribution in [1.29, 1.82) is 0 Å². The highest BCUT2D eigenvalue weighted by atomic mass is 16.6. The lowest BCUT2D eigenvalue weighted by molar-refractivity contribution is -0.384. The van der Waals surface area contributed by atoms with E-state index in [1.165, 1.54) is 18.0 Å². The van der Waals surface area contributed by atoms with Gasteiger partial charge in [-0.2, -0.15) is 0 Å². The van der Waals surface area contributed by atoms with Crippen molar-refractivity contribution in [3.63, 3.8) is 0 Å². The molecule has 0 aliphatic rings. The van der Waals surface area contributed by atoms with Crippen LogP contribution in [0.15, 0.2) is 54.6 Å². The van der Waals surface area contributed by atoms with Gasteiger partial charge in [0.1, 0.15) is 5.69 Å². The van der Waals surface area contributed by atoms with Crippen LogP contribution in [0.1, 0.15) is 0 Å². The maximum atomic E-state index is 11.3. The number of carbonyl (C=O) groups is 1. The second kappa shape index (κ2) is 5.84. The van der Waals surface area contributed by atoms with Gasteiger partial charge in [0.25, 0.3) is 5.69 Å². The number of nitrogens with zero attached hydrogens (tertiary/aromatic N) is 3. The maximum Gasteiger partial charge on any atom is 0.293 e. The van der Waals surface area contributed by atoms with Crippen molar-refractivity contribution < 1.29 is 9.72 Å². The predicted octanol–water partition coefficient (Wildman–Crippen LogP) is 3.40. The van der Waals surface area contributed by atoms with Crippen molar-refractivity contribution in [3.8, 4) is 11.3 Å². The number of pyridine rings is 1. The van der Waals surface area contributed by atoms with Crippen LogP contribution in [0.4, 0.5) is 11.4 Å². The summed E-state index contributed by atoms with van der Waals surface area (Å²) in [6, 6.07) is 16.1. The summed E-state index contributed by atoms with van der Waals surface area (Å²) >= 11 is 0. The van der Waals surface area contributed by atoms with Gasteiger partial charge in [-0.05, 0) is 18.2 Å². The van der Waals surface area contributed by atoms with Crippen molar-refractivity contribution in [2.75, 3.05) is 11.9 Å². The molecule has 3 rings (SSSR count). The van der Waals surface area contributed by atoms with E-state index in [1.54, 1.807) is 12.1 Å². The monoisotopic (exact) mass is 307 g/mol. The number of carbonyl (C=O) groups excluding carboxylic acids is 1. The van der Waals surface area contributed by atoms with Gasteiger partial charge in [-0.3, -0.25) is 14.9 Å². The molecule has 3 aromatic rings. The van der Waals surface area contributed by atoms with E-state index in [-0.39, 0.29) is 11.4 Å². The molecule has 1 aromatic heterocycles. The molecule has 114 valence electrons. The highest BCUT2D eigenvalue weighted by Gasteiger charge is 2.18. The second-order valence-corrected chi connectivity index (χ2v) is 5.07. The summed E-state index contributed by atoms with van der Waals surface area (Å²) in [7, 11) is 1.48. The van der Waals surface area contributed by atoms with E-state index >= 15 is 0 Å². The third-order valence-corrected chi connectivity index (χ3v) is 3.60. The number of hydrogen-bond donors (Lipinski definition) is 0. The lowest BCUT2D eigenvalue weighted by Crippen LogP contribution is -2.15. The molecule has 1 amide bonds. The van der Waals surface area contributed by atoms with Crippen molar-refractivity contribution in [2.24, 2.45) is 0 Å². The largest absolute Gasteiger partial charge is 0.312 e. The van der Waals surface area contributed by atoms with Crippen LogP contribution in [0, 0.1) is 10.1 Å². The lowest BCUT2D eigenvalue weighted by Gasteiger charge is -2.12. The number of rotatable bonds is 4. The van der Waals surface area contributed by atoms with E-state index in [4.69, 9.17) is 0 Å². The third-order valence-electron chi connectivity index (χ3n) is 3.60. The van der Waals surface area contributed by atoms with Crippen molar-refractivity contribution in [2.45, 2.75) is 0 Å². The van der Waals surface area contributed by atoms with Crippen LogP contribution in [-0.4, -0.2) is 23.4 Å². The predicted molar refractivity (Wildman–Crippen MR) is 88.3 cm³/mol. The van der Waals surface area contributed by atoms with Crippen LogP contribution in [0.3, 0.4) is 0 Å². The number of aromatic nitrogens is 1. The van der Waals surface area contributed by atoms with Crippen LogP contribution < -0.4 is 4.90 Å². The van der Waals surface area contributed by atoms with Gasteiger partial charge in [-0.15, -0.1) is 0 Å². The van der Waals surface area contributed by atoms with Gasteiger partial charge in [0, 0.05) is 24.1 Å². The first-order valence-corrected chi connectivity index (χ1v) is 6.93. The highest BCUT2D eigenvalue weighted by molar-refractivity contribution is 5.84. The third kappa shape index (κ3) is 2.74. The molecule has 0 N–H and O–H groups in total. The summed E-state index contributed by atoms with van der Waals surface area (Å²) in [4.78, 5) is 27.4. The molecule has 6 heteroatoms. The molecule has 0 aliphatic heterocycles. The van der Waals surface area contributed by atoms with Crippen LogP contribution in [-0.2, 0) is 4.79 Å². The average Bonchev–Trinajstić information content (AvgIpc) is 2.60. The van der Waals surface area contributed by atoms with Crippen LogP contribution in [0.5, 0.6) is 0 Å². The topological polar surface area (TPSA) is 76.3 Å². The molecule has 2 aromatic carbocycles. The standard InChI is InChI=1S/C17H13N3O3/c1-19(11-21)16-9-7-13(10-17(16)20(22)23)15-8-6-12-4-2-3-5-14(12)18-15/h2-11H,1H3. The van der Waals surface area contributed by atoms with E-state index in [2.05, 4.69) is 4.98 Å². The van der Waals surface area contributed by atoms with Gasteiger partial charge in [-0.25, -0.2) is 4.98 Å². The Labute approximate surface area is 132 Å². The SMILES string of the molecule is CN(C=O)c1ccc(-c2ccc3ccccc3n2)cc1[N+](=O)[O-]. The number of amides is 1.